The maximum Gasteiger partial charge on any atom is 0.416 e. The van der Waals surface area contributed by atoms with Crippen LogP contribution in [0, 0.1) is 0 Å². The Morgan fingerprint density at radius 1 is 0.841 bits per heavy atom. The van der Waals surface area contributed by atoms with Crippen LogP contribution in [0.5, 0.6) is 11.5 Å². The first-order chi connectivity index (χ1) is 21.1. The summed E-state index contributed by atoms with van der Waals surface area (Å²) in [5.41, 5.74) is 1.67. The highest BCUT2D eigenvalue weighted by Gasteiger charge is 2.30. The number of carbonyl (C=O) groups is 2. The summed E-state index contributed by atoms with van der Waals surface area (Å²) in [6.07, 6.45) is -1.13. The molecule has 230 valence electrons. The topological polar surface area (TPSA) is 64.0 Å². The van der Waals surface area contributed by atoms with Crippen molar-refractivity contribution < 1.29 is 32.2 Å². The summed E-state index contributed by atoms with van der Waals surface area (Å²) in [5.74, 6) is 0.156. The molecule has 1 heterocycles. The molecule has 2 amide bonds. The Balaban J connectivity index is 1.59. The normalized spacial score (nSPS) is 11.1. The molecular weight excluding hydrogens is 571 g/mol. The number of rotatable bonds is 13. The second-order valence-corrected chi connectivity index (χ2v) is 10.1. The summed E-state index contributed by atoms with van der Waals surface area (Å²) < 4.78 is 52.3. The van der Waals surface area contributed by atoms with Crippen LogP contribution in [0.25, 0.3) is 0 Å². The van der Waals surface area contributed by atoms with E-state index in [1.807, 2.05) is 41.0 Å². The Bertz CT molecular complexity index is 1560. The van der Waals surface area contributed by atoms with Crippen LogP contribution in [0.15, 0.2) is 104 Å². The van der Waals surface area contributed by atoms with Crippen LogP contribution in [0.1, 0.15) is 32.7 Å². The summed E-state index contributed by atoms with van der Waals surface area (Å²) in [6.45, 7) is 4.27. The zero-order valence-electron chi connectivity index (χ0n) is 24.6. The van der Waals surface area contributed by atoms with E-state index in [-0.39, 0.29) is 38.6 Å². The first-order valence-corrected chi connectivity index (χ1v) is 13.9. The van der Waals surface area contributed by atoms with Gasteiger partial charge in [-0.05, 0) is 47.5 Å². The average molecular weight is 606 g/mol. The molecule has 10 heteroatoms. The number of hydrogen-bond acceptors (Lipinski definition) is 4. The summed E-state index contributed by atoms with van der Waals surface area (Å²) >= 11 is 0. The first kappa shape index (κ1) is 31.9. The third-order valence-electron chi connectivity index (χ3n) is 7.01. The number of methoxy groups -OCH3 is 2. The molecule has 7 nitrogen and oxygen atoms in total. The van der Waals surface area contributed by atoms with E-state index in [0.29, 0.717) is 22.6 Å². The van der Waals surface area contributed by atoms with Crippen molar-refractivity contribution in [2.45, 2.75) is 25.8 Å². The molecule has 0 spiro atoms. The third-order valence-corrected chi connectivity index (χ3v) is 7.01. The smallest absolute Gasteiger partial charge is 0.416 e. The lowest BCUT2D eigenvalue weighted by molar-refractivity contribution is -0.137. The van der Waals surface area contributed by atoms with E-state index in [0.717, 1.165) is 23.4 Å². The largest absolute Gasteiger partial charge is 0.497 e. The van der Waals surface area contributed by atoms with E-state index in [2.05, 4.69) is 6.58 Å². The standard InChI is InChI=1S/C34H34F3N3O4/c1-4-15-39(33(42)27-18-30(43-2)20-31(19-27)44-3)24-32(41)40(21-25-10-6-5-7-11-25)23-29-14-9-16-38(29)22-26-12-8-13-28(17-26)34(35,36)37/h4-14,16-20H,1,15,21-24H2,2-3H3. The Labute approximate surface area is 254 Å². The van der Waals surface area contributed by atoms with Crippen molar-refractivity contribution in [3.63, 3.8) is 0 Å². The lowest BCUT2D eigenvalue weighted by Gasteiger charge is -2.28. The van der Waals surface area contributed by atoms with Crippen LogP contribution in [0.2, 0.25) is 0 Å². The second-order valence-electron chi connectivity index (χ2n) is 10.1. The first-order valence-electron chi connectivity index (χ1n) is 13.9. The lowest BCUT2D eigenvalue weighted by Crippen LogP contribution is -2.42. The van der Waals surface area contributed by atoms with E-state index in [4.69, 9.17) is 9.47 Å². The van der Waals surface area contributed by atoms with E-state index < -0.39 is 17.6 Å². The maximum absolute atomic E-state index is 13.9. The molecule has 0 aliphatic carbocycles. The van der Waals surface area contributed by atoms with Gasteiger partial charge < -0.3 is 23.8 Å². The number of halogens is 3. The van der Waals surface area contributed by atoms with Gasteiger partial charge in [-0.3, -0.25) is 9.59 Å². The molecule has 0 saturated carbocycles. The zero-order valence-corrected chi connectivity index (χ0v) is 24.6. The molecule has 0 unspecified atom stereocenters. The molecule has 3 aromatic carbocycles. The van der Waals surface area contributed by atoms with Gasteiger partial charge in [-0.1, -0.05) is 48.5 Å². The predicted molar refractivity (Wildman–Crippen MR) is 161 cm³/mol. The average Bonchev–Trinajstić information content (AvgIpc) is 3.46. The van der Waals surface area contributed by atoms with Gasteiger partial charge in [0.25, 0.3) is 5.91 Å². The number of aromatic nitrogens is 1. The van der Waals surface area contributed by atoms with Crippen LogP contribution >= 0.6 is 0 Å². The van der Waals surface area contributed by atoms with Gasteiger partial charge in [-0.25, -0.2) is 0 Å². The van der Waals surface area contributed by atoms with Crippen molar-refractivity contribution in [3.05, 3.63) is 132 Å². The fourth-order valence-electron chi connectivity index (χ4n) is 4.77. The highest BCUT2D eigenvalue weighted by molar-refractivity contribution is 5.97. The Hall–Kier alpha value is -4.99. The summed E-state index contributed by atoms with van der Waals surface area (Å²) in [7, 11) is 2.97. The van der Waals surface area contributed by atoms with Gasteiger partial charge in [0.2, 0.25) is 5.91 Å². The summed E-state index contributed by atoms with van der Waals surface area (Å²) in [4.78, 5) is 30.5. The number of benzene rings is 3. The molecule has 4 rings (SSSR count). The second kappa shape index (κ2) is 14.5. The molecule has 4 aromatic rings. The minimum absolute atomic E-state index is 0.120. The minimum atomic E-state index is -4.45. The number of amides is 2. The highest BCUT2D eigenvalue weighted by Crippen LogP contribution is 2.30. The minimum Gasteiger partial charge on any atom is -0.497 e. The van der Waals surface area contributed by atoms with Gasteiger partial charge in [-0.15, -0.1) is 6.58 Å². The fraction of sp³-hybridized carbons (Fsp3) is 0.235. The summed E-state index contributed by atoms with van der Waals surface area (Å²) in [6, 6.07) is 23.0. The number of alkyl halides is 3. The quantitative estimate of drug-likeness (QED) is 0.165. The molecule has 0 fully saturated rings. The Kier molecular flexibility index (Phi) is 10.5. The van der Waals surface area contributed by atoms with Gasteiger partial charge in [0.1, 0.15) is 18.0 Å². The SMILES string of the molecule is C=CCN(CC(=O)N(Cc1ccccc1)Cc1cccn1Cc1cccc(C(F)(F)F)c1)C(=O)c1cc(OC)cc(OC)c1. The molecule has 0 bridgehead atoms. The van der Waals surface area contributed by atoms with Crippen molar-refractivity contribution >= 4 is 11.8 Å². The zero-order chi connectivity index (χ0) is 31.7. The number of carbonyl (C=O) groups excluding carboxylic acids is 2. The fourth-order valence-corrected chi connectivity index (χ4v) is 4.77. The van der Waals surface area contributed by atoms with E-state index in [1.165, 1.54) is 25.2 Å². The predicted octanol–water partition coefficient (Wildman–Crippen LogP) is 6.43. The van der Waals surface area contributed by atoms with Crippen LogP contribution in [0.4, 0.5) is 13.2 Å². The molecule has 0 aliphatic rings. The van der Waals surface area contributed by atoms with Gasteiger partial charge in [0, 0.05) is 43.2 Å². The molecular formula is C34H34F3N3O4. The van der Waals surface area contributed by atoms with Gasteiger partial charge >= 0.3 is 6.18 Å². The number of ether oxygens (including phenoxy) is 2. The van der Waals surface area contributed by atoms with Crippen LogP contribution in [-0.4, -0.2) is 53.5 Å². The van der Waals surface area contributed by atoms with Crippen molar-refractivity contribution in [2.75, 3.05) is 27.3 Å². The number of nitrogens with zero attached hydrogens (tertiary/aromatic N) is 3. The molecule has 1 aromatic heterocycles. The van der Waals surface area contributed by atoms with E-state index in [1.54, 1.807) is 47.5 Å². The van der Waals surface area contributed by atoms with Gasteiger partial charge in [0.15, 0.2) is 0 Å². The van der Waals surface area contributed by atoms with Crippen molar-refractivity contribution in [1.29, 1.82) is 0 Å². The monoisotopic (exact) mass is 605 g/mol. The van der Waals surface area contributed by atoms with Crippen LogP contribution < -0.4 is 9.47 Å². The molecule has 0 radical (unpaired) electrons. The van der Waals surface area contributed by atoms with Gasteiger partial charge in [0.05, 0.1) is 26.3 Å². The van der Waals surface area contributed by atoms with Crippen LogP contribution in [0.3, 0.4) is 0 Å². The van der Waals surface area contributed by atoms with E-state index >= 15 is 0 Å². The third kappa shape index (κ3) is 8.31. The summed E-state index contributed by atoms with van der Waals surface area (Å²) in [5, 5.41) is 0. The van der Waals surface area contributed by atoms with Crippen LogP contribution in [-0.2, 0) is 30.6 Å². The Morgan fingerprint density at radius 3 is 2.16 bits per heavy atom. The van der Waals surface area contributed by atoms with Crippen molar-refractivity contribution in [1.82, 2.24) is 14.4 Å². The van der Waals surface area contributed by atoms with Crippen molar-refractivity contribution in [3.8, 4) is 11.5 Å². The molecule has 0 saturated heterocycles. The van der Waals surface area contributed by atoms with Gasteiger partial charge in [-0.2, -0.15) is 13.2 Å². The van der Waals surface area contributed by atoms with E-state index in [9.17, 15) is 22.8 Å². The van der Waals surface area contributed by atoms with Crippen molar-refractivity contribution in [2.24, 2.45) is 0 Å². The Morgan fingerprint density at radius 2 is 1.52 bits per heavy atom. The lowest BCUT2D eigenvalue weighted by atomic mass is 10.1. The molecule has 0 N–H and O–H groups in total. The molecule has 0 atom stereocenters. The highest BCUT2D eigenvalue weighted by atomic mass is 19.4. The number of hydrogen-bond donors (Lipinski definition) is 0. The molecule has 0 aliphatic heterocycles. The maximum atomic E-state index is 13.9. The molecule has 44 heavy (non-hydrogen) atoms.